The Balaban J connectivity index is 2.48. The largest absolute Gasteiger partial charge is 0.341 e. The van der Waals surface area contributed by atoms with Gasteiger partial charge in [-0.25, -0.2) is 4.98 Å². The fourth-order valence-electron chi connectivity index (χ4n) is 1.31. The lowest BCUT2D eigenvalue weighted by atomic mass is 10.3. The van der Waals surface area contributed by atoms with Gasteiger partial charge in [0.25, 0.3) is 0 Å². The molecule has 0 fully saturated rings. The number of hydrogen-bond acceptors (Lipinski definition) is 3. The zero-order valence-electron chi connectivity index (χ0n) is 7.66. The number of thioether (sulfide) groups is 1. The summed E-state index contributed by atoms with van der Waals surface area (Å²) in [7, 11) is 0. The average Bonchev–Trinajstić information content (AvgIpc) is 2.44. The van der Waals surface area contributed by atoms with Crippen LogP contribution in [-0.4, -0.2) is 21.2 Å². The Hall–Kier alpha value is -1.03. The monoisotopic (exact) mass is 193 g/mol. The van der Waals surface area contributed by atoms with Crippen molar-refractivity contribution in [1.29, 1.82) is 0 Å². The molecule has 0 aliphatic rings. The molecule has 0 amide bonds. The van der Waals surface area contributed by atoms with Gasteiger partial charge in [0.2, 0.25) is 0 Å². The van der Waals surface area contributed by atoms with Crippen LogP contribution in [0.5, 0.6) is 0 Å². The third kappa shape index (κ3) is 1.67. The summed E-state index contributed by atoms with van der Waals surface area (Å²) in [6.45, 7) is 1.95. The van der Waals surface area contributed by atoms with Crippen LogP contribution in [0.25, 0.3) is 11.0 Å². The fraction of sp³-hybridized carbons (Fsp3) is 0.333. The van der Waals surface area contributed by atoms with E-state index < -0.39 is 0 Å². The van der Waals surface area contributed by atoms with E-state index in [1.807, 2.05) is 19.2 Å². The quantitative estimate of drug-likeness (QED) is 0.794. The van der Waals surface area contributed by atoms with Crippen LogP contribution in [0.15, 0.2) is 12.3 Å². The van der Waals surface area contributed by atoms with Crippen molar-refractivity contribution in [2.45, 2.75) is 12.7 Å². The van der Waals surface area contributed by atoms with E-state index in [-0.39, 0.29) is 0 Å². The molecule has 2 heterocycles. The highest BCUT2D eigenvalue weighted by atomic mass is 32.2. The van der Waals surface area contributed by atoms with E-state index in [2.05, 4.69) is 21.2 Å². The fourth-order valence-corrected chi connectivity index (χ4v) is 1.76. The van der Waals surface area contributed by atoms with Crippen molar-refractivity contribution in [2.24, 2.45) is 0 Å². The summed E-state index contributed by atoms with van der Waals surface area (Å²) >= 11 is 1.77. The summed E-state index contributed by atoms with van der Waals surface area (Å²) < 4.78 is 0. The van der Waals surface area contributed by atoms with E-state index in [1.165, 1.54) is 0 Å². The van der Waals surface area contributed by atoms with Crippen LogP contribution >= 0.6 is 11.8 Å². The third-order valence-corrected chi connectivity index (χ3v) is 2.42. The van der Waals surface area contributed by atoms with E-state index in [9.17, 15) is 0 Å². The lowest BCUT2D eigenvalue weighted by Crippen LogP contribution is -1.85. The van der Waals surface area contributed by atoms with Gasteiger partial charge in [-0.1, -0.05) is 0 Å². The molecule has 4 heteroatoms. The molecule has 0 bridgehead atoms. The Morgan fingerprint density at radius 1 is 1.54 bits per heavy atom. The number of nitrogens with zero attached hydrogens (tertiary/aromatic N) is 2. The highest BCUT2D eigenvalue weighted by Crippen LogP contribution is 2.13. The van der Waals surface area contributed by atoms with E-state index >= 15 is 0 Å². The Morgan fingerprint density at radius 2 is 2.38 bits per heavy atom. The molecule has 13 heavy (non-hydrogen) atoms. The normalized spacial score (nSPS) is 10.9. The Morgan fingerprint density at radius 3 is 3.15 bits per heavy atom. The first-order chi connectivity index (χ1) is 6.29. The molecule has 68 valence electrons. The topological polar surface area (TPSA) is 41.6 Å². The maximum absolute atomic E-state index is 4.35. The molecule has 1 N–H and O–H groups in total. The molecule has 0 unspecified atom stereocenters. The van der Waals surface area contributed by atoms with Gasteiger partial charge in [-0.3, -0.25) is 4.98 Å². The van der Waals surface area contributed by atoms with Gasteiger partial charge in [0.05, 0.1) is 22.9 Å². The zero-order chi connectivity index (χ0) is 9.26. The van der Waals surface area contributed by atoms with Crippen molar-refractivity contribution in [1.82, 2.24) is 15.0 Å². The van der Waals surface area contributed by atoms with Crippen LogP contribution in [-0.2, 0) is 5.75 Å². The molecular weight excluding hydrogens is 182 g/mol. The molecule has 2 aromatic rings. The molecular formula is C9H11N3S. The summed E-state index contributed by atoms with van der Waals surface area (Å²) in [5, 5.41) is 0. The average molecular weight is 193 g/mol. The molecule has 0 aliphatic carbocycles. The van der Waals surface area contributed by atoms with E-state index in [0.717, 1.165) is 28.3 Å². The molecule has 0 spiro atoms. The summed E-state index contributed by atoms with van der Waals surface area (Å²) in [4.78, 5) is 11.8. The standard InChI is InChI=1S/C9H11N3S/c1-6-11-8-3-7(5-13-2)10-4-9(8)12-6/h3-4H,5H2,1-2H3,(H,11,12). The van der Waals surface area contributed by atoms with Gasteiger partial charge in [0, 0.05) is 5.75 Å². The van der Waals surface area contributed by atoms with Crippen molar-refractivity contribution in [3.05, 3.63) is 23.8 Å². The van der Waals surface area contributed by atoms with Crippen molar-refractivity contribution in [3.8, 4) is 0 Å². The Labute approximate surface area is 81.0 Å². The molecule has 0 aromatic carbocycles. The van der Waals surface area contributed by atoms with Gasteiger partial charge in [0.1, 0.15) is 5.82 Å². The molecule has 0 aliphatic heterocycles. The number of rotatable bonds is 2. The first-order valence-corrected chi connectivity index (χ1v) is 5.49. The van der Waals surface area contributed by atoms with E-state index in [1.54, 1.807) is 11.8 Å². The predicted octanol–water partition coefficient (Wildman–Crippen LogP) is 2.13. The first-order valence-electron chi connectivity index (χ1n) is 4.10. The maximum atomic E-state index is 4.35. The van der Waals surface area contributed by atoms with Gasteiger partial charge in [-0.2, -0.15) is 11.8 Å². The summed E-state index contributed by atoms with van der Waals surface area (Å²) in [5.41, 5.74) is 3.12. The van der Waals surface area contributed by atoms with Crippen LogP contribution in [0.4, 0.5) is 0 Å². The van der Waals surface area contributed by atoms with Gasteiger partial charge >= 0.3 is 0 Å². The SMILES string of the molecule is CSCc1cc2nc(C)[nH]c2cn1. The van der Waals surface area contributed by atoms with Crippen molar-refractivity contribution < 1.29 is 0 Å². The number of aromatic nitrogens is 3. The minimum atomic E-state index is 0.943. The van der Waals surface area contributed by atoms with Crippen molar-refractivity contribution >= 4 is 22.8 Å². The van der Waals surface area contributed by atoms with Crippen LogP contribution in [0, 0.1) is 6.92 Å². The number of H-pyrrole nitrogens is 1. The molecule has 3 nitrogen and oxygen atoms in total. The molecule has 0 atom stereocenters. The molecule has 2 aromatic heterocycles. The molecule has 2 rings (SSSR count). The number of fused-ring (bicyclic) bond motifs is 1. The Kier molecular flexibility index (Phi) is 2.22. The van der Waals surface area contributed by atoms with E-state index in [4.69, 9.17) is 0 Å². The minimum absolute atomic E-state index is 0.943. The molecule has 0 radical (unpaired) electrons. The van der Waals surface area contributed by atoms with Crippen molar-refractivity contribution in [2.75, 3.05) is 6.26 Å². The van der Waals surface area contributed by atoms with Crippen molar-refractivity contribution in [3.63, 3.8) is 0 Å². The zero-order valence-corrected chi connectivity index (χ0v) is 8.48. The summed E-state index contributed by atoms with van der Waals surface area (Å²) in [5.74, 6) is 1.89. The van der Waals surface area contributed by atoms with Crippen LogP contribution in [0.1, 0.15) is 11.5 Å². The lowest BCUT2D eigenvalue weighted by molar-refractivity contribution is 1.17. The van der Waals surface area contributed by atoms with Gasteiger partial charge in [-0.15, -0.1) is 0 Å². The van der Waals surface area contributed by atoms with Crippen LogP contribution < -0.4 is 0 Å². The second-order valence-electron chi connectivity index (χ2n) is 2.95. The molecule has 0 saturated carbocycles. The van der Waals surface area contributed by atoms with Gasteiger partial charge in [-0.05, 0) is 19.2 Å². The second kappa shape index (κ2) is 3.38. The van der Waals surface area contributed by atoms with Crippen LogP contribution in [0.3, 0.4) is 0 Å². The number of imidazole rings is 1. The first kappa shape index (κ1) is 8.56. The van der Waals surface area contributed by atoms with Crippen LogP contribution in [0.2, 0.25) is 0 Å². The number of aromatic amines is 1. The number of nitrogens with one attached hydrogen (secondary N) is 1. The summed E-state index contributed by atoms with van der Waals surface area (Å²) in [6.07, 6.45) is 3.92. The van der Waals surface area contributed by atoms with Gasteiger partial charge < -0.3 is 4.98 Å². The molecule has 0 saturated heterocycles. The second-order valence-corrected chi connectivity index (χ2v) is 3.81. The Bertz CT molecular complexity index is 422. The van der Waals surface area contributed by atoms with E-state index in [0.29, 0.717) is 0 Å². The highest BCUT2D eigenvalue weighted by Gasteiger charge is 2.00. The lowest BCUT2D eigenvalue weighted by Gasteiger charge is -1.95. The minimum Gasteiger partial charge on any atom is -0.341 e. The van der Waals surface area contributed by atoms with Gasteiger partial charge in [0.15, 0.2) is 0 Å². The highest BCUT2D eigenvalue weighted by molar-refractivity contribution is 7.97. The third-order valence-electron chi connectivity index (χ3n) is 1.83. The number of hydrogen-bond donors (Lipinski definition) is 1. The number of pyridine rings is 1. The smallest absolute Gasteiger partial charge is 0.104 e. The maximum Gasteiger partial charge on any atom is 0.104 e. The summed E-state index contributed by atoms with van der Waals surface area (Å²) in [6, 6.07) is 2.04. The number of aryl methyl sites for hydroxylation is 1. The predicted molar refractivity (Wildman–Crippen MR) is 55.8 cm³/mol.